The van der Waals surface area contributed by atoms with Crippen LogP contribution in [0.2, 0.25) is 0 Å². The molecule has 1 amide bonds. The van der Waals surface area contributed by atoms with Gasteiger partial charge in [0.05, 0.1) is 12.4 Å². The van der Waals surface area contributed by atoms with Crippen molar-refractivity contribution in [3.63, 3.8) is 0 Å². The van der Waals surface area contributed by atoms with Crippen LogP contribution in [-0.4, -0.2) is 49.8 Å². The first-order valence-electron chi connectivity index (χ1n) is 6.82. The second kappa shape index (κ2) is 7.19. The molecular weight excluding hydrogens is 280 g/mol. The molecule has 0 aromatic rings. The highest BCUT2D eigenvalue weighted by molar-refractivity contribution is 7.89. The van der Waals surface area contributed by atoms with Gasteiger partial charge >= 0.3 is 0 Å². The average Bonchev–Trinajstić information content (AvgIpc) is 2.38. The SMILES string of the molecule is C=CC[C@@]1(CO)CCCN(C(=O)CCCS(N)(=O)=O)C1. The molecule has 6 nitrogen and oxygen atoms in total. The Kier molecular flexibility index (Phi) is 6.16. The predicted octanol–water partition coefficient (Wildman–Crippen LogP) is 0.232. The second-order valence-electron chi connectivity index (χ2n) is 5.54. The first-order valence-corrected chi connectivity index (χ1v) is 8.53. The van der Waals surface area contributed by atoms with Gasteiger partial charge in [-0.15, -0.1) is 6.58 Å². The molecule has 0 radical (unpaired) electrons. The monoisotopic (exact) mass is 304 g/mol. The Bertz CT molecular complexity index is 449. The Labute approximate surface area is 120 Å². The van der Waals surface area contributed by atoms with Crippen molar-refractivity contribution in [2.75, 3.05) is 25.4 Å². The maximum atomic E-state index is 12.1. The zero-order valence-corrected chi connectivity index (χ0v) is 12.6. The Morgan fingerprint density at radius 2 is 2.20 bits per heavy atom. The first kappa shape index (κ1) is 17.1. The number of sulfonamides is 1. The molecule has 3 N–H and O–H groups in total. The summed E-state index contributed by atoms with van der Waals surface area (Å²) in [6, 6.07) is 0. The molecule has 0 bridgehead atoms. The van der Waals surface area contributed by atoms with Crippen LogP contribution in [0.5, 0.6) is 0 Å². The van der Waals surface area contributed by atoms with Crippen LogP contribution in [0.3, 0.4) is 0 Å². The summed E-state index contributed by atoms with van der Waals surface area (Å²) in [6.45, 7) is 4.89. The lowest BCUT2D eigenvalue weighted by Gasteiger charge is -2.41. The van der Waals surface area contributed by atoms with Crippen molar-refractivity contribution in [2.45, 2.75) is 32.1 Å². The molecule has 1 aliphatic heterocycles. The van der Waals surface area contributed by atoms with Crippen molar-refractivity contribution in [2.24, 2.45) is 10.6 Å². The third-order valence-corrected chi connectivity index (χ3v) is 4.60. The summed E-state index contributed by atoms with van der Waals surface area (Å²) in [4.78, 5) is 13.8. The maximum Gasteiger partial charge on any atom is 0.222 e. The molecule has 1 aliphatic rings. The quantitative estimate of drug-likeness (QED) is 0.658. The molecule has 1 fully saturated rings. The predicted molar refractivity (Wildman–Crippen MR) is 77.4 cm³/mol. The van der Waals surface area contributed by atoms with Gasteiger partial charge in [-0.05, 0) is 25.7 Å². The van der Waals surface area contributed by atoms with E-state index in [4.69, 9.17) is 5.14 Å². The summed E-state index contributed by atoms with van der Waals surface area (Å²) < 4.78 is 21.7. The van der Waals surface area contributed by atoms with E-state index >= 15 is 0 Å². The third-order valence-electron chi connectivity index (χ3n) is 3.75. The van der Waals surface area contributed by atoms with Gasteiger partial charge in [0, 0.05) is 24.9 Å². The van der Waals surface area contributed by atoms with E-state index in [1.807, 2.05) is 0 Å². The molecule has 0 aromatic heterocycles. The van der Waals surface area contributed by atoms with E-state index < -0.39 is 10.0 Å². The number of primary sulfonamides is 1. The highest BCUT2D eigenvalue weighted by Gasteiger charge is 2.35. The van der Waals surface area contributed by atoms with Gasteiger partial charge in [0.25, 0.3) is 0 Å². The van der Waals surface area contributed by atoms with E-state index in [1.165, 1.54) is 0 Å². The molecule has 1 heterocycles. The van der Waals surface area contributed by atoms with Crippen molar-refractivity contribution in [3.05, 3.63) is 12.7 Å². The Morgan fingerprint density at radius 3 is 2.75 bits per heavy atom. The lowest BCUT2D eigenvalue weighted by molar-refractivity contribution is -0.135. The molecule has 0 spiro atoms. The fourth-order valence-electron chi connectivity index (χ4n) is 2.67. The molecule has 7 heteroatoms. The van der Waals surface area contributed by atoms with Gasteiger partial charge in [-0.25, -0.2) is 13.6 Å². The fraction of sp³-hybridized carbons (Fsp3) is 0.769. The minimum absolute atomic E-state index is 0.0278. The number of allylic oxidation sites excluding steroid dienone is 1. The van der Waals surface area contributed by atoms with Gasteiger partial charge in [-0.2, -0.15) is 0 Å². The van der Waals surface area contributed by atoms with E-state index in [0.717, 1.165) is 12.8 Å². The maximum absolute atomic E-state index is 12.1. The zero-order valence-electron chi connectivity index (χ0n) is 11.8. The number of piperidine rings is 1. The molecule has 1 saturated heterocycles. The van der Waals surface area contributed by atoms with Crippen molar-refractivity contribution in [1.29, 1.82) is 0 Å². The number of aliphatic hydroxyl groups is 1. The Hall–Kier alpha value is -0.920. The van der Waals surface area contributed by atoms with Gasteiger partial charge in [-0.3, -0.25) is 4.79 Å². The number of nitrogens with two attached hydrogens (primary N) is 1. The number of amides is 1. The summed E-state index contributed by atoms with van der Waals surface area (Å²) in [7, 11) is -3.51. The molecule has 0 unspecified atom stereocenters. The summed E-state index contributed by atoms with van der Waals surface area (Å²) in [6.07, 6.45) is 4.56. The summed E-state index contributed by atoms with van der Waals surface area (Å²) in [5.41, 5.74) is -0.296. The molecule has 20 heavy (non-hydrogen) atoms. The normalized spacial score (nSPS) is 23.6. The third kappa shape index (κ3) is 5.22. The van der Waals surface area contributed by atoms with Crippen LogP contribution in [0.25, 0.3) is 0 Å². The smallest absolute Gasteiger partial charge is 0.222 e. The standard InChI is InChI=1S/C13H24N2O4S/c1-2-6-13(11-16)7-4-8-15(10-13)12(17)5-3-9-20(14,18)19/h2,16H,1,3-11H2,(H2,14,18,19)/t13-/m1/s1. The number of nitrogens with zero attached hydrogens (tertiary/aromatic N) is 1. The summed E-state index contributed by atoms with van der Waals surface area (Å²) in [5.74, 6) is -0.250. The second-order valence-corrected chi connectivity index (χ2v) is 7.27. The van der Waals surface area contributed by atoms with Gasteiger partial charge in [0.1, 0.15) is 0 Å². The highest BCUT2D eigenvalue weighted by atomic mass is 32.2. The Morgan fingerprint density at radius 1 is 1.50 bits per heavy atom. The molecular formula is C13H24N2O4S. The number of aliphatic hydroxyl groups excluding tert-OH is 1. The van der Waals surface area contributed by atoms with Crippen LogP contribution in [0.4, 0.5) is 0 Å². The van der Waals surface area contributed by atoms with E-state index in [0.29, 0.717) is 19.5 Å². The Balaban J connectivity index is 2.53. The number of rotatable bonds is 7. The molecule has 0 aromatic carbocycles. The number of hydrogen-bond donors (Lipinski definition) is 2. The van der Waals surface area contributed by atoms with Gasteiger partial charge < -0.3 is 10.0 Å². The van der Waals surface area contributed by atoms with Crippen molar-refractivity contribution in [3.8, 4) is 0 Å². The van der Waals surface area contributed by atoms with Crippen molar-refractivity contribution >= 4 is 15.9 Å². The van der Waals surface area contributed by atoms with Crippen LogP contribution in [0.15, 0.2) is 12.7 Å². The van der Waals surface area contributed by atoms with E-state index in [1.54, 1.807) is 11.0 Å². The highest BCUT2D eigenvalue weighted by Crippen LogP contribution is 2.33. The van der Waals surface area contributed by atoms with E-state index in [2.05, 4.69) is 6.58 Å². The zero-order chi connectivity index (χ0) is 15.2. The lowest BCUT2D eigenvalue weighted by atomic mass is 9.77. The lowest BCUT2D eigenvalue weighted by Crippen LogP contribution is -2.47. The molecule has 0 saturated carbocycles. The van der Waals surface area contributed by atoms with Crippen molar-refractivity contribution in [1.82, 2.24) is 4.90 Å². The largest absolute Gasteiger partial charge is 0.396 e. The van der Waals surface area contributed by atoms with E-state index in [9.17, 15) is 18.3 Å². The summed E-state index contributed by atoms with van der Waals surface area (Å²) in [5, 5.41) is 14.5. The minimum Gasteiger partial charge on any atom is -0.396 e. The topological polar surface area (TPSA) is 101 Å². The average molecular weight is 304 g/mol. The molecule has 116 valence electrons. The molecule has 0 aliphatic carbocycles. The van der Waals surface area contributed by atoms with Crippen LogP contribution in [-0.2, 0) is 14.8 Å². The van der Waals surface area contributed by atoms with Gasteiger partial charge in [0.2, 0.25) is 15.9 Å². The summed E-state index contributed by atoms with van der Waals surface area (Å²) >= 11 is 0. The van der Waals surface area contributed by atoms with Crippen LogP contribution in [0, 0.1) is 5.41 Å². The first-order chi connectivity index (χ1) is 9.32. The van der Waals surface area contributed by atoms with Gasteiger partial charge in [-0.1, -0.05) is 6.08 Å². The fourth-order valence-corrected chi connectivity index (χ4v) is 3.22. The molecule has 1 atom stereocenters. The van der Waals surface area contributed by atoms with Crippen LogP contribution in [0.1, 0.15) is 32.1 Å². The number of carbonyl (C=O) groups excluding carboxylic acids is 1. The number of carbonyl (C=O) groups is 1. The molecule has 1 rings (SSSR count). The van der Waals surface area contributed by atoms with Crippen LogP contribution >= 0.6 is 0 Å². The number of likely N-dealkylation sites (tertiary alicyclic amines) is 1. The minimum atomic E-state index is -3.51. The van der Waals surface area contributed by atoms with E-state index in [-0.39, 0.29) is 36.5 Å². The van der Waals surface area contributed by atoms with Crippen molar-refractivity contribution < 1.29 is 18.3 Å². The van der Waals surface area contributed by atoms with Gasteiger partial charge in [0.15, 0.2) is 0 Å². The van der Waals surface area contributed by atoms with Crippen LogP contribution < -0.4 is 5.14 Å². The number of hydrogen-bond acceptors (Lipinski definition) is 4.